The third kappa shape index (κ3) is 5.44. The molecule has 0 spiro atoms. The zero-order chi connectivity index (χ0) is 41.8. The van der Waals surface area contributed by atoms with Gasteiger partial charge in [-0.3, -0.25) is 0 Å². The van der Waals surface area contributed by atoms with E-state index in [4.69, 9.17) is 4.42 Å². The zero-order valence-electron chi connectivity index (χ0n) is 35.1. The van der Waals surface area contributed by atoms with Crippen molar-refractivity contribution in [3.8, 4) is 66.8 Å². The maximum atomic E-state index is 6.11. The summed E-state index contributed by atoms with van der Waals surface area (Å²) in [6.45, 7) is 4.77. The Labute approximate surface area is 367 Å². The van der Waals surface area contributed by atoms with Crippen LogP contribution in [0.15, 0.2) is 217 Å². The van der Waals surface area contributed by atoms with Crippen molar-refractivity contribution >= 4 is 49.8 Å². The molecule has 0 unspecified atom stereocenters. The first-order valence-electron chi connectivity index (χ1n) is 21.9. The highest BCUT2D eigenvalue weighted by Crippen LogP contribution is 2.54. The largest absolute Gasteiger partial charge is 0.456 e. The lowest BCUT2D eigenvalue weighted by Gasteiger charge is -2.29. The summed E-state index contributed by atoms with van der Waals surface area (Å²) in [7, 11) is 0. The summed E-state index contributed by atoms with van der Waals surface area (Å²) in [6, 6.07) is 78.0. The van der Waals surface area contributed by atoms with E-state index in [-0.39, 0.29) is 5.41 Å². The quantitative estimate of drug-likeness (QED) is 0.166. The fraction of sp³-hybridized carbons (Fsp3) is 0.0492. The van der Waals surface area contributed by atoms with Gasteiger partial charge in [-0.2, -0.15) is 0 Å². The van der Waals surface area contributed by atoms with Gasteiger partial charge in [0.05, 0.1) is 5.69 Å². The van der Waals surface area contributed by atoms with Crippen LogP contribution in [0.25, 0.3) is 99.5 Å². The molecule has 63 heavy (non-hydrogen) atoms. The minimum Gasteiger partial charge on any atom is -0.456 e. The molecule has 0 fully saturated rings. The standard InChI is InChI=1S/C61H41NO/c1-61(2)55-36-43(38-11-4-3-5-12-38)25-30-48(55)49-31-29-45(37-56(49)61)62(57-33-32-52-47-14-7-6-13-46(47)51-16-10-17-53(57)60(51)52)44-27-23-40(24-28-44)39-19-21-41(22-20-39)42-26-34-59-54(35-42)50-15-8-9-18-58(50)63-59/h3-37H,1-2H3. The summed E-state index contributed by atoms with van der Waals surface area (Å²) >= 11 is 0. The van der Waals surface area contributed by atoms with Gasteiger partial charge in [0, 0.05) is 32.9 Å². The van der Waals surface area contributed by atoms with E-state index in [1.807, 2.05) is 12.1 Å². The van der Waals surface area contributed by atoms with Crippen LogP contribution >= 0.6 is 0 Å². The summed E-state index contributed by atoms with van der Waals surface area (Å²) in [5.74, 6) is 0. The minimum absolute atomic E-state index is 0.186. The van der Waals surface area contributed by atoms with Gasteiger partial charge in [-0.05, 0) is 138 Å². The second kappa shape index (κ2) is 13.5. The second-order valence-corrected chi connectivity index (χ2v) is 17.7. The predicted octanol–water partition coefficient (Wildman–Crippen LogP) is 17.2. The Kier molecular flexibility index (Phi) is 7.68. The third-order valence-corrected chi connectivity index (χ3v) is 13.8. The van der Waals surface area contributed by atoms with Crippen molar-refractivity contribution in [3.63, 3.8) is 0 Å². The molecule has 2 aliphatic rings. The zero-order valence-corrected chi connectivity index (χ0v) is 35.1. The molecule has 2 aliphatic carbocycles. The van der Waals surface area contributed by atoms with Crippen LogP contribution in [0.2, 0.25) is 0 Å². The van der Waals surface area contributed by atoms with Gasteiger partial charge in [0.25, 0.3) is 0 Å². The highest BCUT2D eigenvalue weighted by molar-refractivity contribution is 6.19. The van der Waals surface area contributed by atoms with E-state index in [9.17, 15) is 0 Å². The van der Waals surface area contributed by atoms with Crippen LogP contribution in [0, 0.1) is 0 Å². The summed E-state index contributed by atoms with van der Waals surface area (Å²) in [4.78, 5) is 2.48. The van der Waals surface area contributed by atoms with Gasteiger partial charge in [-0.15, -0.1) is 0 Å². The van der Waals surface area contributed by atoms with Crippen molar-refractivity contribution in [2.75, 3.05) is 4.90 Å². The van der Waals surface area contributed by atoms with Crippen molar-refractivity contribution < 1.29 is 4.42 Å². The molecule has 11 aromatic rings. The maximum Gasteiger partial charge on any atom is 0.135 e. The van der Waals surface area contributed by atoms with Gasteiger partial charge in [0.1, 0.15) is 11.2 Å². The van der Waals surface area contributed by atoms with Crippen LogP contribution in [0.4, 0.5) is 17.1 Å². The molecule has 0 N–H and O–H groups in total. The lowest BCUT2D eigenvalue weighted by molar-refractivity contribution is 0.660. The van der Waals surface area contributed by atoms with E-state index < -0.39 is 0 Å². The molecule has 0 saturated carbocycles. The monoisotopic (exact) mass is 803 g/mol. The lowest BCUT2D eigenvalue weighted by Crippen LogP contribution is -2.17. The lowest BCUT2D eigenvalue weighted by atomic mass is 9.81. The molecule has 13 rings (SSSR count). The molecule has 2 nitrogen and oxygen atoms in total. The van der Waals surface area contributed by atoms with Crippen LogP contribution in [-0.4, -0.2) is 0 Å². The Hall–Kier alpha value is -7.94. The first kappa shape index (κ1) is 35.8. The molecule has 1 aromatic heterocycles. The number of furan rings is 1. The Balaban J connectivity index is 0.907. The fourth-order valence-corrected chi connectivity index (χ4v) is 10.7. The van der Waals surface area contributed by atoms with Gasteiger partial charge in [-0.25, -0.2) is 0 Å². The smallest absolute Gasteiger partial charge is 0.135 e. The van der Waals surface area contributed by atoms with Crippen molar-refractivity contribution in [1.82, 2.24) is 0 Å². The molecule has 0 atom stereocenters. The number of rotatable bonds is 6. The number of benzene rings is 10. The Bertz CT molecular complexity index is 3600. The van der Waals surface area contributed by atoms with E-state index in [1.54, 1.807) is 0 Å². The molecule has 0 bridgehead atoms. The molecule has 0 radical (unpaired) electrons. The number of para-hydroxylation sites is 1. The van der Waals surface area contributed by atoms with E-state index in [0.29, 0.717) is 0 Å². The van der Waals surface area contributed by atoms with Crippen molar-refractivity contribution in [1.29, 1.82) is 0 Å². The van der Waals surface area contributed by atoms with Crippen LogP contribution in [0.3, 0.4) is 0 Å². The molecule has 10 aromatic carbocycles. The molecular formula is C61H41NO. The molecular weight excluding hydrogens is 763 g/mol. The van der Waals surface area contributed by atoms with Gasteiger partial charge in [0.15, 0.2) is 0 Å². The number of nitrogens with zero attached hydrogens (tertiary/aromatic N) is 1. The van der Waals surface area contributed by atoms with E-state index in [0.717, 1.165) is 33.3 Å². The molecule has 0 saturated heterocycles. The van der Waals surface area contributed by atoms with E-state index in [2.05, 4.69) is 219 Å². The predicted molar refractivity (Wildman–Crippen MR) is 264 cm³/mol. The molecule has 0 amide bonds. The normalized spacial score (nSPS) is 13.0. The maximum absolute atomic E-state index is 6.11. The summed E-state index contributed by atoms with van der Waals surface area (Å²) < 4.78 is 6.11. The Morgan fingerprint density at radius 1 is 0.333 bits per heavy atom. The van der Waals surface area contributed by atoms with Crippen LogP contribution in [-0.2, 0) is 5.41 Å². The minimum atomic E-state index is -0.186. The molecule has 2 heteroatoms. The Morgan fingerprint density at radius 2 is 0.841 bits per heavy atom. The fourth-order valence-electron chi connectivity index (χ4n) is 10.7. The topological polar surface area (TPSA) is 16.4 Å². The van der Waals surface area contributed by atoms with E-state index >= 15 is 0 Å². The number of fused-ring (bicyclic) bond motifs is 9. The first-order chi connectivity index (χ1) is 31.0. The number of anilines is 3. The average Bonchev–Trinajstić information content (AvgIpc) is 3.95. The molecule has 296 valence electrons. The van der Waals surface area contributed by atoms with Crippen molar-refractivity contribution in [3.05, 3.63) is 223 Å². The van der Waals surface area contributed by atoms with Crippen LogP contribution in [0.5, 0.6) is 0 Å². The summed E-state index contributed by atoms with van der Waals surface area (Å²) in [5, 5.41) is 4.86. The van der Waals surface area contributed by atoms with Crippen molar-refractivity contribution in [2.24, 2.45) is 0 Å². The van der Waals surface area contributed by atoms with Crippen LogP contribution in [0.1, 0.15) is 25.0 Å². The highest BCUT2D eigenvalue weighted by Gasteiger charge is 2.36. The average molecular weight is 804 g/mol. The number of hydrogen-bond donors (Lipinski definition) is 0. The molecule has 1 heterocycles. The van der Waals surface area contributed by atoms with Gasteiger partial charge in [0.2, 0.25) is 0 Å². The summed E-state index contributed by atoms with van der Waals surface area (Å²) in [6.07, 6.45) is 0. The highest BCUT2D eigenvalue weighted by atomic mass is 16.3. The van der Waals surface area contributed by atoms with Gasteiger partial charge < -0.3 is 9.32 Å². The first-order valence-corrected chi connectivity index (χ1v) is 21.9. The van der Waals surface area contributed by atoms with Gasteiger partial charge in [-0.1, -0.05) is 172 Å². The van der Waals surface area contributed by atoms with Crippen molar-refractivity contribution in [2.45, 2.75) is 19.3 Å². The second-order valence-electron chi connectivity index (χ2n) is 17.7. The van der Waals surface area contributed by atoms with E-state index in [1.165, 1.54) is 94.3 Å². The van der Waals surface area contributed by atoms with Crippen LogP contribution < -0.4 is 4.90 Å². The summed E-state index contributed by atoms with van der Waals surface area (Å²) in [5.41, 5.74) is 22.9. The Morgan fingerprint density at radius 3 is 1.62 bits per heavy atom. The molecule has 0 aliphatic heterocycles. The number of hydrogen-bond acceptors (Lipinski definition) is 2. The van der Waals surface area contributed by atoms with Gasteiger partial charge >= 0.3 is 0 Å². The SMILES string of the molecule is CC1(C)c2cc(-c3ccccc3)ccc2-c2ccc(N(c3ccc(-c4ccc(-c5ccc6oc7ccccc7c6c5)cc4)cc3)c3ccc4c5c(cccc35)-c3ccccc3-4)cc21. The third-order valence-electron chi connectivity index (χ3n) is 13.8.